The van der Waals surface area contributed by atoms with Crippen molar-refractivity contribution >= 4 is 10.8 Å². The van der Waals surface area contributed by atoms with Gasteiger partial charge in [-0.2, -0.15) is 0 Å². The molecule has 2 aromatic rings. The summed E-state index contributed by atoms with van der Waals surface area (Å²) < 4.78 is 19.9. The minimum absolute atomic E-state index is 0.284. The van der Waals surface area contributed by atoms with E-state index in [2.05, 4.69) is 31.7 Å². The molecule has 2 aromatic carbocycles. The zero-order chi connectivity index (χ0) is 22.3. The molecule has 2 fully saturated rings. The summed E-state index contributed by atoms with van der Waals surface area (Å²) in [4.78, 5) is 0. The van der Waals surface area contributed by atoms with E-state index >= 15 is 0 Å². The van der Waals surface area contributed by atoms with E-state index in [1.165, 1.54) is 82.6 Å². The number of rotatable bonds is 10. The van der Waals surface area contributed by atoms with Crippen molar-refractivity contribution in [1.82, 2.24) is 0 Å². The largest absolute Gasteiger partial charge is 0.486 e. The van der Waals surface area contributed by atoms with Crippen molar-refractivity contribution in [1.29, 1.82) is 0 Å². The van der Waals surface area contributed by atoms with E-state index in [1.54, 1.807) is 12.1 Å². The second-order valence-electron chi connectivity index (χ2n) is 10.4. The van der Waals surface area contributed by atoms with E-state index in [1.807, 2.05) is 6.07 Å². The number of fused-ring (bicyclic) bond motifs is 2. The molecule has 0 aromatic heterocycles. The molecule has 0 bridgehead atoms. The molecule has 0 amide bonds. The Kier molecular flexibility index (Phi) is 8.27. The summed E-state index contributed by atoms with van der Waals surface area (Å²) in [6, 6.07) is 10.1. The van der Waals surface area contributed by atoms with Gasteiger partial charge in [0.25, 0.3) is 0 Å². The van der Waals surface area contributed by atoms with Gasteiger partial charge in [0.2, 0.25) is 0 Å². The molecular formula is C30H41FO. The molecule has 0 N–H and O–H groups in total. The topological polar surface area (TPSA) is 9.23 Å². The Balaban J connectivity index is 1.34. The van der Waals surface area contributed by atoms with Gasteiger partial charge < -0.3 is 4.74 Å². The van der Waals surface area contributed by atoms with Crippen LogP contribution in [0.25, 0.3) is 10.8 Å². The zero-order valence-electron chi connectivity index (χ0n) is 20.0. The van der Waals surface area contributed by atoms with Crippen LogP contribution in [0.5, 0.6) is 5.75 Å². The number of hydrogen-bond donors (Lipinski definition) is 0. The third-order valence-electron chi connectivity index (χ3n) is 8.18. The Hall–Kier alpha value is -1.83. The number of hydrogen-bond acceptors (Lipinski definition) is 1. The summed E-state index contributed by atoms with van der Waals surface area (Å²) in [7, 11) is 0. The molecule has 2 saturated carbocycles. The van der Waals surface area contributed by atoms with Crippen LogP contribution in [0.3, 0.4) is 0 Å². The van der Waals surface area contributed by atoms with Gasteiger partial charge in [-0.05, 0) is 84.2 Å². The first-order valence-electron chi connectivity index (χ1n) is 13.1. The standard InChI is InChI=1S/C30H41FO/c1-3-5-6-7-8-9-22-10-11-24-18-25(13-12-23(24)17-22)26-14-15-27-21-30(32-16-4-2)29(31)20-28(27)19-26/h4,14-15,19-25H,2-3,5-13,16-18H2,1H3/t22?,23-,24?,25-/m1/s1. The molecule has 0 saturated heterocycles. The van der Waals surface area contributed by atoms with Crippen LogP contribution in [0.4, 0.5) is 4.39 Å². The summed E-state index contributed by atoms with van der Waals surface area (Å²) in [5.41, 5.74) is 1.40. The summed E-state index contributed by atoms with van der Waals surface area (Å²) in [5, 5.41) is 2.03. The van der Waals surface area contributed by atoms with Gasteiger partial charge in [-0.25, -0.2) is 4.39 Å². The summed E-state index contributed by atoms with van der Waals surface area (Å²) in [5.74, 6) is 3.48. The maximum Gasteiger partial charge on any atom is 0.165 e. The molecule has 0 heterocycles. The molecule has 0 spiro atoms. The molecule has 2 unspecified atom stereocenters. The highest BCUT2D eigenvalue weighted by Gasteiger charge is 2.35. The lowest BCUT2D eigenvalue weighted by molar-refractivity contribution is 0.113. The van der Waals surface area contributed by atoms with Crippen molar-refractivity contribution in [3.63, 3.8) is 0 Å². The molecule has 2 aliphatic carbocycles. The second kappa shape index (κ2) is 11.3. The van der Waals surface area contributed by atoms with Gasteiger partial charge in [-0.3, -0.25) is 0 Å². The predicted molar refractivity (Wildman–Crippen MR) is 134 cm³/mol. The van der Waals surface area contributed by atoms with E-state index < -0.39 is 0 Å². The van der Waals surface area contributed by atoms with Crippen LogP contribution in [0.2, 0.25) is 0 Å². The molecule has 1 nitrogen and oxygen atoms in total. The lowest BCUT2D eigenvalue weighted by Crippen LogP contribution is -2.30. The fourth-order valence-electron chi connectivity index (χ4n) is 6.37. The van der Waals surface area contributed by atoms with E-state index in [4.69, 9.17) is 4.74 Å². The Morgan fingerprint density at radius 1 is 0.938 bits per heavy atom. The molecule has 4 rings (SSSR count). The summed E-state index contributed by atoms with van der Waals surface area (Å²) >= 11 is 0. The molecule has 0 aliphatic heterocycles. The van der Waals surface area contributed by atoms with Gasteiger partial charge >= 0.3 is 0 Å². The number of unbranched alkanes of at least 4 members (excludes halogenated alkanes) is 4. The first-order valence-corrected chi connectivity index (χ1v) is 13.1. The van der Waals surface area contributed by atoms with Crippen LogP contribution >= 0.6 is 0 Å². The molecule has 32 heavy (non-hydrogen) atoms. The van der Waals surface area contributed by atoms with Crippen molar-refractivity contribution in [2.75, 3.05) is 6.61 Å². The Morgan fingerprint density at radius 2 is 1.75 bits per heavy atom. The maximum absolute atomic E-state index is 14.5. The molecule has 2 heteroatoms. The van der Waals surface area contributed by atoms with Gasteiger partial charge in [-0.15, -0.1) is 0 Å². The van der Waals surface area contributed by atoms with Crippen LogP contribution in [-0.4, -0.2) is 6.61 Å². The maximum atomic E-state index is 14.5. The van der Waals surface area contributed by atoms with E-state index in [9.17, 15) is 4.39 Å². The number of benzene rings is 2. The first kappa shape index (κ1) is 23.3. The van der Waals surface area contributed by atoms with Crippen molar-refractivity contribution in [2.45, 2.75) is 89.9 Å². The zero-order valence-corrected chi connectivity index (χ0v) is 20.0. The molecule has 4 atom stereocenters. The van der Waals surface area contributed by atoms with Gasteiger partial charge in [0.15, 0.2) is 11.6 Å². The lowest BCUT2D eigenvalue weighted by atomic mass is 9.63. The predicted octanol–water partition coefficient (Wildman–Crippen LogP) is 9.20. The molecule has 174 valence electrons. The van der Waals surface area contributed by atoms with Crippen LogP contribution in [-0.2, 0) is 0 Å². The minimum atomic E-state index is -0.284. The average Bonchev–Trinajstić information content (AvgIpc) is 2.82. The van der Waals surface area contributed by atoms with Crippen LogP contribution < -0.4 is 4.74 Å². The Labute approximate surface area is 194 Å². The van der Waals surface area contributed by atoms with Gasteiger partial charge in [0, 0.05) is 0 Å². The van der Waals surface area contributed by atoms with Gasteiger partial charge in [0.05, 0.1) is 0 Å². The highest BCUT2D eigenvalue weighted by molar-refractivity contribution is 5.84. The summed E-state index contributed by atoms with van der Waals surface area (Å²) in [6.45, 7) is 6.26. The SMILES string of the molecule is C=CCOc1cc2ccc([C@@H]3CC[C@@H]4CC(CCCCCCC)CCC4C3)cc2cc1F. The van der Waals surface area contributed by atoms with Crippen LogP contribution in [0.15, 0.2) is 43.0 Å². The number of ether oxygens (including phenoxy) is 1. The highest BCUT2D eigenvalue weighted by Crippen LogP contribution is 2.48. The monoisotopic (exact) mass is 436 g/mol. The Bertz CT molecular complexity index is 888. The van der Waals surface area contributed by atoms with E-state index in [0.29, 0.717) is 18.3 Å². The van der Waals surface area contributed by atoms with Crippen molar-refractivity contribution < 1.29 is 9.13 Å². The van der Waals surface area contributed by atoms with Crippen molar-refractivity contribution in [3.8, 4) is 5.75 Å². The highest BCUT2D eigenvalue weighted by atomic mass is 19.1. The lowest BCUT2D eigenvalue weighted by Gasteiger charge is -2.42. The van der Waals surface area contributed by atoms with Crippen LogP contribution in [0.1, 0.15) is 95.5 Å². The fourth-order valence-corrected chi connectivity index (χ4v) is 6.37. The van der Waals surface area contributed by atoms with E-state index in [-0.39, 0.29) is 5.82 Å². The van der Waals surface area contributed by atoms with Gasteiger partial charge in [0.1, 0.15) is 6.61 Å². The van der Waals surface area contributed by atoms with E-state index in [0.717, 1.165) is 28.5 Å². The minimum Gasteiger partial charge on any atom is -0.486 e. The molecule has 2 aliphatic rings. The summed E-state index contributed by atoms with van der Waals surface area (Å²) in [6.07, 6.45) is 18.5. The van der Waals surface area contributed by atoms with Crippen molar-refractivity contribution in [2.24, 2.45) is 17.8 Å². The Morgan fingerprint density at radius 3 is 2.59 bits per heavy atom. The number of halogens is 1. The van der Waals surface area contributed by atoms with Crippen LogP contribution in [0, 0.1) is 23.6 Å². The molecular weight excluding hydrogens is 395 g/mol. The third kappa shape index (κ3) is 5.74. The quantitative estimate of drug-likeness (QED) is 0.266. The average molecular weight is 437 g/mol. The normalized spacial score (nSPS) is 25.4. The van der Waals surface area contributed by atoms with Crippen molar-refractivity contribution in [3.05, 3.63) is 54.4 Å². The third-order valence-corrected chi connectivity index (χ3v) is 8.18. The smallest absolute Gasteiger partial charge is 0.165 e. The molecule has 0 radical (unpaired) electrons. The fraction of sp³-hybridized carbons (Fsp3) is 0.600. The second-order valence-corrected chi connectivity index (χ2v) is 10.4. The first-order chi connectivity index (χ1) is 15.7. The van der Waals surface area contributed by atoms with Gasteiger partial charge in [-0.1, -0.05) is 82.7 Å².